The van der Waals surface area contributed by atoms with Crippen molar-refractivity contribution in [1.82, 2.24) is 19.6 Å². The first-order valence-corrected chi connectivity index (χ1v) is 8.14. The van der Waals surface area contributed by atoms with E-state index in [9.17, 15) is 9.59 Å². The Morgan fingerprint density at radius 2 is 1.79 bits per heavy atom. The number of halogens is 1. The number of nitrogens with zero attached hydrogens (tertiary/aromatic N) is 4. The lowest BCUT2D eigenvalue weighted by atomic mass is 10.1. The van der Waals surface area contributed by atoms with Gasteiger partial charge in [-0.05, 0) is 38.1 Å². The van der Waals surface area contributed by atoms with Crippen molar-refractivity contribution in [2.45, 2.75) is 20.4 Å². The van der Waals surface area contributed by atoms with E-state index in [4.69, 9.17) is 0 Å². The Kier molecular flexibility index (Phi) is 4.44. The van der Waals surface area contributed by atoms with E-state index in [2.05, 4.69) is 26.1 Å². The van der Waals surface area contributed by atoms with E-state index < -0.39 is 0 Å². The van der Waals surface area contributed by atoms with Crippen LogP contribution in [-0.2, 0) is 6.54 Å². The molecule has 6 nitrogen and oxygen atoms in total. The Morgan fingerprint density at radius 3 is 2.42 bits per heavy atom. The molecule has 0 saturated carbocycles. The second-order valence-corrected chi connectivity index (χ2v) is 6.37. The number of benzene rings is 1. The number of rotatable bonds is 3. The zero-order chi connectivity index (χ0) is 17.3. The summed E-state index contributed by atoms with van der Waals surface area (Å²) in [6.45, 7) is 3.45. The van der Waals surface area contributed by atoms with Gasteiger partial charge in [0.1, 0.15) is 6.54 Å². The molecule has 122 valence electrons. The molecule has 0 atom stereocenters. The first-order valence-electron chi connectivity index (χ1n) is 7.34. The highest BCUT2D eigenvalue weighted by atomic mass is 79.9. The first-order chi connectivity index (χ1) is 11.4. The third-order valence-electron chi connectivity index (χ3n) is 3.54. The Morgan fingerprint density at radius 1 is 1.08 bits per heavy atom. The van der Waals surface area contributed by atoms with Crippen molar-refractivity contribution < 1.29 is 4.79 Å². The second-order valence-electron chi connectivity index (χ2n) is 5.45. The summed E-state index contributed by atoms with van der Waals surface area (Å²) in [6.07, 6.45) is 0. The topological polar surface area (TPSA) is 69.8 Å². The standard InChI is InChI=1S/C17H15BrN4O2/c1-11-9-12(2)22(19-11)17(24)10-21-16(23)8-7-15(20-21)13-3-5-14(18)6-4-13/h3-9H,10H2,1-2H3. The minimum absolute atomic E-state index is 0.162. The van der Waals surface area contributed by atoms with Crippen molar-refractivity contribution in [1.29, 1.82) is 0 Å². The number of carbonyl (C=O) groups is 1. The first kappa shape index (κ1) is 16.3. The minimum atomic E-state index is -0.328. The van der Waals surface area contributed by atoms with Crippen LogP contribution in [-0.4, -0.2) is 25.5 Å². The molecule has 0 spiro atoms. The highest BCUT2D eigenvalue weighted by Crippen LogP contribution is 2.18. The van der Waals surface area contributed by atoms with E-state index in [1.807, 2.05) is 37.3 Å². The predicted octanol–water partition coefficient (Wildman–Crippen LogP) is 2.83. The van der Waals surface area contributed by atoms with E-state index in [1.54, 1.807) is 13.0 Å². The maximum atomic E-state index is 12.4. The molecule has 0 unspecified atom stereocenters. The molecule has 3 aromatic rings. The van der Waals surface area contributed by atoms with Crippen LogP contribution in [0.4, 0.5) is 0 Å². The summed E-state index contributed by atoms with van der Waals surface area (Å²) in [4.78, 5) is 24.4. The van der Waals surface area contributed by atoms with Crippen molar-refractivity contribution in [2.75, 3.05) is 0 Å². The molecule has 1 aromatic carbocycles. The second kappa shape index (κ2) is 6.52. The van der Waals surface area contributed by atoms with Gasteiger partial charge in [-0.3, -0.25) is 9.59 Å². The number of aryl methyl sites for hydroxylation is 2. The van der Waals surface area contributed by atoms with Crippen molar-refractivity contribution in [3.8, 4) is 11.3 Å². The molecule has 3 rings (SSSR count). The average molecular weight is 387 g/mol. The van der Waals surface area contributed by atoms with Crippen LogP contribution in [0.2, 0.25) is 0 Å². The van der Waals surface area contributed by atoms with E-state index in [0.717, 1.165) is 26.1 Å². The van der Waals surface area contributed by atoms with Gasteiger partial charge in [0, 0.05) is 21.8 Å². The van der Waals surface area contributed by atoms with Crippen LogP contribution in [0, 0.1) is 13.8 Å². The van der Waals surface area contributed by atoms with Gasteiger partial charge < -0.3 is 0 Å². The van der Waals surface area contributed by atoms with Crippen molar-refractivity contribution in [3.63, 3.8) is 0 Å². The smallest absolute Gasteiger partial charge is 0.268 e. The molecule has 7 heteroatoms. The Balaban J connectivity index is 1.92. The van der Waals surface area contributed by atoms with Crippen LogP contribution in [0.25, 0.3) is 11.3 Å². The normalized spacial score (nSPS) is 10.8. The molecule has 2 aromatic heterocycles. The summed E-state index contributed by atoms with van der Waals surface area (Å²) in [6, 6.07) is 12.5. The number of hydrogen-bond donors (Lipinski definition) is 0. The molecule has 0 N–H and O–H groups in total. The van der Waals surface area contributed by atoms with E-state index >= 15 is 0 Å². The third-order valence-corrected chi connectivity index (χ3v) is 4.07. The van der Waals surface area contributed by atoms with Gasteiger partial charge in [0.15, 0.2) is 0 Å². The summed E-state index contributed by atoms with van der Waals surface area (Å²) >= 11 is 3.38. The molecule has 0 saturated heterocycles. The molecule has 0 aliphatic rings. The van der Waals surface area contributed by atoms with Crippen LogP contribution in [0.5, 0.6) is 0 Å². The largest absolute Gasteiger partial charge is 0.270 e. The van der Waals surface area contributed by atoms with Crippen molar-refractivity contribution >= 4 is 21.8 Å². The molecule has 0 aliphatic heterocycles. The summed E-state index contributed by atoms with van der Waals surface area (Å²) in [7, 11) is 0. The fraction of sp³-hybridized carbons (Fsp3) is 0.176. The van der Waals surface area contributed by atoms with Crippen LogP contribution < -0.4 is 5.56 Å². The molecule has 0 radical (unpaired) electrons. The SMILES string of the molecule is Cc1cc(C)n(C(=O)Cn2nc(-c3ccc(Br)cc3)ccc2=O)n1. The average Bonchev–Trinajstić information content (AvgIpc) is 2.89. The number of carbonyl (C=O) groups excluding carboxylic acids is 1. The predicted molar refractivity (Wildman–Crippen MR) is 94.0 cm³/mol. The molecule has 0 aliphatic carbocycles. The molecular formula is C17H15BrN4O2. The van der Waals surface area contributed by atoms with Crippen molar-refractivity contribution in [2.24, 2.45) is 0 Å². The van der Waals surface area contributed by atoms with Gasteiger partial charge in [0.2, 0.25) is 0 Å². The number of aromatic nitrogens is 4. The van der Waals surface area contributed by atoms with E-state index in [1.165, 1.54) is 10.7 Å². The summed E-state index contributed by atoms with van der Waals surface area (Å²) in [5.74, 6) is -0.303. The Hall–Kier alpha value is -2.54. The monoisotopic (exact) mass is 386 g/mol. The molecule has 0 fully saturated rings. The Bertz CT molecular complexity index is 957. The van der Waals surface area contributed by atoms with Crippen LogP contribution >= 0.6 is 15.9 Å². The van der Waals surface area contributed by atoms with Gasteiger partial charge in [-0.25, -0.2) is 9.36 Å². The zero-order valence-corrected chi connectivity index (χ0v) is 14.8. The van der Waals surface area contributed by atoms with Gasteiger partial charge >= 0.3 is 0 Å². The fourth-order valence-electron chi connectivity index (χ4n) is 2.41. The van der Waals surface area contributed by atoms with Gasteiger partial charge in [0.05, 0.1) is 11.4 Å². The summed E-state index contributed by atoms with van der Waals surface area (Å²) in [5, 5.41) is 8.45. The Labute approximate surface area is 146 Å². The van der Waals surface area contributed by atoms with Gasteiger partial charge in [-0.2, -0.15) is 10.2 Å². The van der Waals surface area contributed by atoms with Crippen LogP contribution in [0.3, 0.4) is 0 Å². The summed E-state index contributed by atoms with van der Waals surface area (Å²) in [5.41, 5.74) is 2.65. The van der Waals surface area contributed by atoms with Crippen LogP contribution in [0.15, 0.2) is 51.7 Å². The van der Waals surface area contributed by atoms with Gasteiger partial charge in [-0.1, -0.05) is 28.1 Å². The highest BCUT2D eigenvalue weighted by Gasteiger charge is 2.13. The van der Waals surface area contributed by atoms with E-state index in [0.29, 0.717) is 5.69 Å². The fourth-order valence-corrected chi connectivity index (χ4v) is 2.68. The lowest BCUT2D eigenvalue weighted by Gasteiger charge is -2.08. The molecule has 0 bridgehead atoms. The third kappa shape index (κ3) is 3.35. The quantitative estimate of drug-likeness (QED) is 0.693. The molecule has 2 heterocycles. The minimum Gasteiger partial charge on any atom is -0.270 e. The lowest BCUT2D eigenvalue weighted by molar-refractivity contribution is 0.0865. The lowest BCUT2D eigenvalue weighted by Crippen LogP contribution is -2.29. The maximum Gasteiger partial charge on any atom is 0.268 e. The number of hydrogen-bond acceptors (Lipinski definition) is 4. The summed E-state index contributed by atoms with van der Waals surface area (Å²) < 4.78 is 3.42. The highest BCUT2D eigenvalue weighted by molar-refractivity contribution is 9.10. The van der Waals surface area contributed by atoms with Gasteiger partial charge in [-0.15, -0.1) is 0 Å². The van der Waals surface area contributed by atoms with Crippen LogP contribution in [0.1, 0.15) is 16.2 Å². The molecular weight excluding hydrogens is 372 g/mol. The molecule has 0 amide bonds. The van der Waals surface area contributed by atoms with Crippen molar-refractivity contribution in [3.05, 3.63) is 68.7 Å². The maximum absolute atomic E-state index is 12.4. The van der Waals surface area contributed by atoms with Gasteiger partial charge in [0.25, 0.3) is 11.5 Å². The zero-order valence-electron chi connectivity index (χ0n) is 13.2. The molecule has 24 heavy (non-hydrogen) atoms. The van der Waals surface area contributed by atoms with E-state index in [-0.39, 0.29) is 18.0 Å².